The minimum atomic E-state index is -1.61. The molecule has 8 heteroatoms. The summed E-state index contributed by atoms with van der Waals surface area (Å²) in [4.78, 5) is 25.8. The predicted molar refractivity (Wildman–Crippen MR) is 139 cm³/mol. The summed E-state index contributed by atoms with van der Waals surface area (Å²) in [5.41, 5.74) is 0.879. The first-order valence-corrected chi connectivity index (χ1v) is 13.9. The Bertz CT molecular complexity index is 773. The summed E-state index contributed by atoms with van der Waals surface area (Å²) >= 11 is 0. The van der Waals surface area contributed by atoms with E-state index in [1.807, 2.05) is 58.0 Å². The van der Waals surface area contributed by atoms with Crippen LogP contribution in [0.1, 0.15) is 84.6 Å². The molecular formula is C29H46O8. The van der Waals surface area contributed by atoms with Gasteiger partial charge < -0.3 is 29.2 Å². The van der Waals surface area contributed by atoms with Gasteiger partial charge in [-0.15, -0.1) is 0 Å². The van der Waals surface area contributed by atoms with E-state index in [1.165, 1.54) is 0 Å². The van der Waals surface area contributed by atoms with Gasteiger partial charge in [-0.2, -0.15) is 0 Å². The number of ether oxygens (including phenoxy) is 4. The number of hydrogen-bond donors (Lipinski definition) is 2. The van der Waals surface area contributed by atoms with Crippen LogP contribution in [0.4, 0.5) is 0 Å². The van der Waals surface area contributed by atoms with Crippen LogP contribution in [0.5, 0.6) is 0 Å². The quantitative estimate of drug-likeness (QED) is 0.305. The van der Waals surface area contributed by atoms with Crippen molar-refractivity contribution < 1.29 is 38.7 Å². The highest BCUT2D eigenvalue weighted by molar-refractivity contribution is 5.73. The van der Waals surface area contributed by atoms with Crippen LogP contribution in [0, 0.1) is 11.8 Å². The number of aliphatic hydroxyl groups excluding tert-OH is 2. The van der Waals surface area contributed by atoms with Crippen molar-refractivity contribution in [3.8, 4) is 0 Å². The fraction of sp³-hybridized carbons (Fsp3) is 0.724. The van der Waals surface area contributed by atoms with Gasteiger partial charge in [0.25, 0.3) is 0 Å². The van der Waals surface area contributed by atoms with Crippen molar-refractivity contribution in [2.24, 2.45) is 11.8 Å². The molecule has 0 amide bonds. The molecule has 0 bridgehead atoms. The zero-order valence-corrected chi connectivity index (χ0v) is 22.8. The maximum absolute atomic E-state index is 13.1. The zero-order chi connectivity index (χ0) is 27.2. The molecule has 1 aliphatic heterocycles. The van der Waals surface area contributed by atoms with E-state index in [4.69, 9.17) is 18.9 Å². The van der Waals surface area contributed by atoms with Crippen molar-refractivity contribution in [3.05, 3.63) is 35.9 Å². The van der Waals surface area contributed by atoms with Gasteiger partial charge in [-0.05, 0) is 31.2 Å². The van der Waals surface area contributed by atoms with Gasteiger partial charge in [0.15, 0.2) is 12.4 Å². The van der Waals surface area contributed by atoms with E-state index >= 15 is 0 Å². The van der Waals surface area contributed by atoms with Crippen LogP contribution >= 0.6 is 0 Å². The molecular weight excluding hydrogens is 476 g/mol. The van der Waals surface area contributed by atoms with Crippen molar-refractivity contribution in [2.45, 2.75) is 116 Å². The number of rotatable bonds is 16. The molecule has 1 unspecified atom stereocenters. The lowest BCUT2D eigenvalue weighted by Gasteiger charge is -2.42. The molecule has 2 rings (SSSR count). The molecule has 1 saturated heterocycles. The number of aliphatic hydroxyl groups is 2. The average molecular weight is 523 g/mol. The van der Waals surface area contributed by atoms with E-state index in [0.717, 1.165) is 44.1 Å². The number of hydrogen-bond acceptors (Lipinski definition) is 8. The van der Waals surface area contributed by atoms with Crippen LogP contribution in [0.25, 0.3) is 0 Å². The Labute approximate surface area is 221 Å². The standard InChI is InChI=1S/C29H46O8/c1-5-12-21(13-6-2)27(31)35-19-23-25(34-18-20-16-10-9-11-17-20)26(24(30)29(33)36-23)37-28(32)22(14-7-3)15-8-4/h9-11,16-17,21-26,29-30,33H,5-8,12-15,18-19H2,1-4H3/t23-,24-,25-,26-,29?/m1/s1. The summed E-state index contributed by atoms with van der Waals surface area (Å²) in [6.07, 6.45) is -0.0184. The van der Waals surface area contributed by atoms with Crippen molar-refractivity contribution in [3.63, 3.8) is 0 Å². The van der Waals surface area contributed by atoms with Gasteiger partial charge in [-0.3, -0.25) is 9.59 Å². The second-order valence-electron chi connectivity index (χ2n) is 9.90. The number of benzene rings is 1. The molecule has 1 heterocycles. The third-order valence-electron chi connectivity index (χ3n) is 6.78. The topological polar surface area (TPSA) is 112 Å². The summed E-state index contributed by atoms with van der Waals surface area (Å²) in [7, 11) is 0. The molecule has 1 aromatic rings. The molecule has 0 radical (unpaired) electrons. The lowest BCUT2D eigenvalue weighted by Crippen LogP contribution is -2.61. The molecule has 37 heavy (non-hydrogen) atoms. The highest BCUT2D eigenvalue weighted by Gasteiger charge is 2.49. The van der Waals surface area contributed by atoms with E-state index in [2.05, 4.69) is 0 Å². The summed E-state index contributed by atoms with van der Waals surface area (Å²) in [6.45, 7) is 8.03. The lowest BCUT2D eigenvalue weighted by molar-refractivity contribution is -0.300. The third kappa shape index (κ3) is 9.67. The van der Waals surface area contributed by atoms with Gasteiger partial charge in [0.2, 0.25) is 0 Å². The molecule has 0 aliphatic carbocycles. The Kier molecular flexibility index (Phi) is 14.1. The maximum Gasteiger partial charge on any atom is 0.309 e. The molecule has 1 fully saturated rings. The monoisotopic (exact) mass is 522 g/mol. The Morgan fingerprint density at radius 2 is 1.38 bits per heavy atom. The summed E-state index contributed by atoms with van der Waals surface area (Å²) in [5, 5.41) is 21.2. The minimum absolute atomic E-state index is 0.165. The first-order chi connectivity index (χ1) is 17.9. The van der Waals surface area contributed by atoms with Gasteiger partial charge in [0, 0.05) is 0 Å². The van der Waals surface area contributed by atoms with E-state index in [1.54, 1.807) is 0 Å². The Morgan fingerprint density at radius 3 is 1.92 bits per heavy atom. The van der Waals surface area contributed by atoms with Crippen molar-refractivity contribution in [1.29, 1.82) is 0 Å². The first-order valence-electron chi connectivity index (χ1n) is 13.9. The van der Waals surface area contributed by atoms with E-state index in [0.29, 0.717) is 12.8 Å². The second-order valence-corrected chi connectivity index (χ2v) is 9.90. The van der Waals surface area contributed by atoms with Gasteiger partial charge in [0.1, 0.15) is 24.9 Å². The summed E-state index contributed by atoms with van der Waals surface area (Å²) in [5.74, 6) is -1.28. The van der Waals surface area contributed by atoms with E-state index < -0.39 is 36.7 Å². The van der Waals surface area contributed by atoms with Gasteiger partial charge >= 0.3 is 11.9 Å². The molecule has 5 atom stereocenters. The normalized spacial score (nSPS) is 23.8. The zero-order valence-electron chi connectivity index (χ0n) is 22.8. The Hall–Kier alpha value is -2.00. The fourth-order valence-electron chi connectivity index (χ4n) is 4.81. The molecule has 1 aliphatic rings. The van der Waals surface area contributed by atoms with Crippen LogP contribution in [-0.4, -0.2) is 59.5 Å². The predicted octanol–water partition coefficient (Wildman–Crippen LogP) is 4.54. The van der Waals surface area contributed by atoms with Crippen molar-refractivity contribution in [1.82, 2.24) is 0 Å². The molecule has 2 N–H and O–H groups in total. The average Bonchev–Trinajstić information content (AvgIpc) is 2.89. The Morgan fingerprint density at radius 1 is 0.838 bits per heavy atom. The highest BCUT2D eigenvalue weighted by atomic mass is 16.7. The molecule has 210 valence electrons. The van der Waals surface area contributed by atoms with E-state index in [9.17, 15) is 19.8 Å². The van der Waals surface area contributed by atoms with Gasteiger partial charge in [-0.1, -0.05) is 83.7 Å². The van der Waals surface area contributed by atoms with Gasteiger partial charge in [0.05, 0.1) is 18.4 Å². The third-order valence-corrected chi connectivity index (χ3v) is 6.78. The van der Waals surface area contributed by atoms with Crippen LogP contribution in [0.15, 0.2) is 30.3 Å². The molecule has 0 spiro atoms. The molecule has 1 aromatic carbocycles. The van der Waals surface area contributed by atoms with Gasteiger partial charge in [-0.25, -0.2) is 0 Å². The number of esters is 2. The lowest BCUT2D eigenvalue weighted by atomic mass is 9.96. The smallest absolute Gasteiger partial charge is 0.309 e. The SMILES string of the molecule is CCCC(CCC)C(=O)OC[C@H]1OC(O)[C@H](O)[C@@H](OC(=O)C(CCC)CCC)[C@@H]1OCc1ccccc1. The fourth-order valence-corrected chi connectivity index (χ4v) is 4.81. The molecule has 8 nitrogen and oxygen atoms in total. The van der Waals surface area contributed by atoms with Crippen molar-refractivity contribution in [2.75, 3.05) is 6.61 Å². The maximum atomic E-state index is 13.1. The summed E-state index contributed by atoms with van der Waals surface area (Å²) in [6, 6.07) is 9.44. The molecule has 0 saturated carbocycles. The van der Waals surface area contributed by atoms with Crippen LogP contribution in [-0.2, 0) is 35.1 Å². The van der Waals surface area contributed by atoms with Crippen LogP contribution in [0.2, 0.25) is 0 Å². The van der Waals surface area contributed by atoms with E-state index in [-0.39, 0.29) is 31.0 Å². The highest BCUT2D eigenvalue weighted by Crippen LogP contribution is 2.29. The summed E-state index contributed by atoms with van der Waals surface area (Å²) < 4.78 is 23.2. The number of carbonyl (C=O) groups is 2. The minimum Gasteiger partial charge on any atom is -0.463 e. The largest absolute Gasteiger partial charge is 0.463 e. The van der Waals surface area contributed by atoms with Crippen LogP contribution in [0.3, 0.4) is 0 Å². The molecule has 0 aromatic heterocycles. The first kappa shape index (κ1) is 31.2. The Balaban J connectivity index is 2.23. The second kappa shape index (κ2) is 16.8. The van der Waals surface area contributed by atoms with Crippen LogP contribution < -0.4 is 0 Å². The number of carbonyl (C=O) groups excluding carboxylic acids is 2. The van der Waals surface area contributed by atoms with Crippen molar-refractivity contribution >= 4 is 11.9 Å².